The van der Waals surface area contributed by atoms with E-state index in [2.05, 4.69) is 20.6 Å². The quantitative estimate of drug-likeness (QED) is 0.405. The number of rotatable bonds is 4. The van der Waals surface area contributed by atoms with Crippen molar-refractivity contribution in [2.75, 3.05) is 10.6 Å². The van der Waals surface area contributed by atoms with E-state index in [0.717, 1.165) is 21.7 Å². The minimum atomic E-state index is -5.08. The highest BCUT2D eigenvalue weighted by molar-refractivity contribution is 7.19. The van der Waals surface area contributed by atoms with Crippen LogP contribution < -0.4 is 10.6 Å². The van der Waals surface area contributed by atoms with Gasteiger partial charge in [-0.15, -0.1) is 0 Å². The van der Waals surface area contributed by atoms with Gasteiger partial charge in [0.15, 0.2) is 10.3 Å². The number of nitrogens with one attached hydrogen (secondary N) is 2. The van der Waals surface area contributed by atoms with Gasteiger partial charge in [-0.3, -0.25) is 9.59 Å². The number of alkyl halides is 3. The molecule has 8 nitrogen and oxygen atoms in total. The highest BCUT2D eigenvalue weighted by Gasteiger charge is 2.38. The lowest BCUT2D eigenvalue weighted by Crippen LogP contribution is -2.21. The SMILES string of the molecule is CC(=O)Nc1nc(C)c(-c2cnc(Cl)c(NC(=O)c3ccc(C)cc3)c2)s1.O=C(O)C(F)(F)F. The number of hydrogen-bond donors (Lipinski definition) is 3. The minimum absolute atomic E-state index is 0.185. The summed E-state index contributed by atoms with van der Waals surface area (Å²) in [5.74, 6) is -3.21. The Bertz CT molecular complexity index is 1210. The number of aryl methyl sites for hydroxylation is 2. The number of thiazole rings is 1. The smallest absolute Gasteiger partial charge is 0.475 e. The highest BCUT2D eigenvalue weighted by Crippen LogP contribution is 2.35. The summed E-state index contributed by atoms with van der Waals surface area (Å²) >= 11 is 7.49. The van der Waals surface area contributed by atoms with Gasteiger partial charge in [0, 0.05) is 24.2 Å². The van der Waals surface area contributed by atoms with Gasteiger partial charge in [-0.25, -0.2) is 14.8 Å². The Morgan fingerprint density at radius 3 is 2.21 bits per heavy atom. The van der Waals surface area contributed by atoms with Crippen molar-refractivity contribution in [2.45, 2.75) is 26.9 Å². The molecule has 3 N–H and O–H groups in total. The second-order valence-corrected chi connectivity index (χ2v) is 8.16. The van der Waals surface area contributed by atoms with Crippen molar-refractivity contribution in [2.24, 2.45) is 0 Å². The molecule has 1 aromatic carbocycles. The maximum absolute atomic E-state index is 12.5. The average Bonchev–Trinajstić information content (AvgIpc) is 3.09. The Morgan fingerprint density at radius 1 is 1.09 bits per heavy atom. The summed E-state index contributed by atoms with van der Waals surface area (Å²) in [6.07, 6.45) is -3.47. The average molecular weight is 515 g/mol. The number of carbonyl (C=O) groups excluding carboxylic acids is 2. The topological polar surface area (TPSA) is 121 Å². The normalized spacial score (nSPS) is 10.7. The van der Waals surface area contributed by atoms with Crippen LogP contribution in [0.2, 0.25) is 5.15 Å². The zero-order chi connectivity index (χ0) is 25.6. The highest BCUT2D eigenvalue weighted by atomic mass is 35.5. The van der Waals surface area contributed by atoms with E-state index in [1.54, 1.807) is 24.4 Å². The molecule has 0 saturated carbocycles. The Morgan fingerprint density at radius 2 is 1.68 bits per heavy atom. The summed E-state index contributed by atoms with van der Waals surface area (Å²) in [5, 5.41) is 13.3. The van der Waals surface area contributed by atoms with Gasteiger partial charge in [-0.1, -0.05) is 40.6 Å². The van der Waals surface area contributed by atoms with Gasteiger partial charge in [0.25, 0.3) is 5.91 Å². The number of nitrogens with zero attached hydrogens (tertiary/aromatic N) is 2. The molecule has 3 rings (SSSR count). The number of carboxylic acid groups (broad SMARTS) is 1. The first kappa shape index (κ1) is 26.7. The van der Waals surface area contributed by atoms with Gasteiger partial charge in [0.1, 0.15) is 0 Å². The zero-order valence-electron chi connectivity index (χ0n) is 18.0. The van der Waals surface area contributed by atoms with Crippen LogP contribution in [0, 0.1) is 13.8 Å². The summed E-state index contributed by atoms with van der Waals surface area (Å²) < 4.78 is 31.7. The van der Waals surface area contributed by atoms with Crippen LogP contribution in [-0.2, 0) is 9.59 Å². The van der Waals surface area contributed by atoms with E-state index in [9.17, 15) is 22.8 Å². The van der Waals surface area contributed by atoms with Crippen molar-refractivity contribution in [1.82, 2.24) is 9.97 Å². The Balaban J connectivity index is 0.000000509. The van der Waals surface area contributed by atoms with Crippen molar-refractivity contribution < 1.29 is 32.7 Å². The Labute approximate surface area is 200 Å². The molecule has 0 aliphatic rings. The fourth-order valence-corrected chi connectivity index (χ4v) is 3.57. The molecule has 34 heavy (non-hydrogen) atoms. The molecule has 0 aliphatic heterocycles. The number of carboxylic acids is 1. The molecule has 13 heteroatoms. The molecule has 0 aliphatic carbocycles. The molecule has 2 aromatic heterocycles. The molecule has 0 bridgehead atoms. The summed E-state index contributed by atoms with van der Waals surface area (Å²) in [6.45, 7) is 5.23. The van der Waals surface area contributed by atoms with E-state index >= 15 is 0 Å². The lowest BCUT2D eigenvalue weighted by Gasteiger charge is -2.09. The lowest BCUT2D eigenvalue weighted by molar-refractivity contribution is -0.192. The monoisotopic (exact) mass is 514 g/mol. The van der Waals surface area contributed by atoms with Gasteiger partial charge in [0.2, 0.25) is 5.91 Å². The molecule has 2 amide bonds. The number of aliphatic carboxylic acids is 1. The molecule has 3 aromatic rings. The van der Waals surface area contributed by atoms with Crippen molar-refractivity contribution in [1.29, 1.82) is 0 Å². The first-order chi connectivity index (χ1) is 15.8. The molecule has 0 spiro atoms. The summed E-state index contributed by atoms with van der Waals surface area (Å²) in [7, 11) is 0. The van der Waals surface area contributed by atoms with Gasteiger partial charge in [0.05, 0.1) is 16.3 Å². The van der Waals surface area contributed by atoms with E-state index in [-0.39, 0.29) is 17.0 Å². The Kier molecular flexibility index (Phi) is 8.71. The number of carbonyl (C=O) groups is 3. The maximum Gasteiger partial charge on any atom is 0.490 e. The Hall–Kier alpha value is -3.51. The second kappa shape index (κ2) is 11.1. The van der Waals surface area contributed by atoms with Crippen LogP contribution in [0.15, 0.2) is 36.5 Å². The van der Waals surface area contributed by atoms with E-state index < -0.39 is 12.1 Å². The summed E-state index contributed by atoms with van der Waals surface area (Å²) in [5.41, 5.74) is 3.52. The third kappa shape index (κ3) is 7.52. The second-order valence-electron chi connectivity index (χ2n) is 6.80. The van der Waals surface area contributed by atoms with Crippen molar-refractivity contribution in [3.63, 3.8) is 0 Å². The van der Waals surface area contributed by atoms with Gasteiger partial charge in [-0.2, -0.15) is 13.2 Å². The van der Waals surface area contributed by atoms with Crippen LogP contribution in [0.4, 0.5) is 24.0 Å². The van der Waals surface area contributed by atoms with E-state index in [1.807, 2.05) is 26.0 Å². The van der Waals surface area contributed by atoms with Crippen molar-refractivity contribution in [3.05, 3.63) is 58.5 Å². The van der Waals surface area contributed by atoms with E-state index in [1.165, 1.54) is 18.3 Å². The number of hydrogen-bond acceptors (Lipinski definition) is 6. The lowest BCUT2D eigenvalue weighted by atomic mass is 10.1. The largest absolute Gasteiger partial charge is 0.490 e. The third-order valence-corrected chi connectivity index (χ3v) is 5.41. The first-order valence-corrected chi connectivity index (χ1v) is 10.6. The van der Waals surface area contributed by atoms with Crippen LogP contribution in [0.5, 0.6) is 0 Å². The number of pyridine rings is 1. The van der Waals surface area contributed by atoms with Crippen molar-refractivity contribution in [3.8, 4) is 10.4 Å². The van der Waals surface area contributed by atoms with Crippen molar-refractivity contribution >= 4 is 51.5 Å². The number of aromatic nitrogens is 2. The van der Waals surface area contributed by atoms with Crippen LogP contribution in [0.1, 0.15) is 28.5 Å². The molecule has 180 valence electrons. The summed E-state index contributed by atoms with van der Waals surface area (Å²) in [6, 6.07) is 9.00. The molecule has 2 heterocycles. The molecule has 0 saturated heterocycles. The van der Waals surface area contributed by atoms with E-state index in [0.29, 0.717) is 16.4 Å². The zero-order valence-corrected chi connectivity index (χ0v) is 19.5. The molecule has 0 unspecified atom stereocenters. The predicted octanol–water partition coefficient (Wildman–Crippen LogP) is 5.32. The van der Waals surface area contributed by atoms with Crippen LogP contribution in [-0.4, -0.2) is 39.0 Å². The van der Waals surface area contributed by atoms with Gasteiger partial charge < -0.3 is 15.7 Å². The standard InChI is InChI=1S/C19H17ClN4O2S.C2HF3O2/c1-10-4-6-13(7-5-10)18(26)24-15-8-14(9-21-17(15)20)16-11(2)22-19(27-16)23-12(3)25;3-2(4,5)1(6)7/h4-9H,1-3H3,(H,24,26)(H,22,23,25);(H,6,7). The molecule has 0 atom stereocenters. The number of halogens is 4. The van der Waals surface area contributed by atoms with Crippen LogP contribution >= 0.6 is 22.9 Å². The predicted molar refractivity (Wildman–Crippen MR) is 122 cm³/mol. The van der Waals surface area contributed by atoms with Crippen LogP contribution in [0.25, 0.3) is 10.4 Å². The van der Waals surface area contributed by atoms with Gasteiger partial charge in [-0.05, 0) is 32.0 Å². The number of anilines is 2. The first-order valence-electron chi connectivity index (χ1n) is 9.37. The van der Waals surface area contributed by atoms with Crippen LogP contribution in [0.3, 0.4) is 0 Å². The molecule has 0 fully saturated rings. The number of benzene rings is 1. The van der Waals surface area contributed by atoms with Gasteiger partial charge >= 0.3 is 12.1 Å². The number of amides is 2. The fourth-order valence-electron chi connectivity index (χ4n) is 2.43. The maximum atomic E-state index is 12.5. The molecular weight excluding hydrogens is 497 g/mol. The summed E-state index contributed by atoms with van der Waals surface area (Å²) in [4.78, 5) is 41.9. The van der Waals surface area contributed by atoms with E-state index in [4.69, 9.17) is 21.5 Å². The minimum Gasteiger partial charge on any atom is -0.475 e. The molecular formula is C21H18ClF3N4O4S. The fraction of sp³-hybridized carbons (Fsp3) is 0.190. The molecule has 0 radical (unpaired) electrons. The third-order valence-electron chi connectivity index (χ3n) is 3.99.